The van der Waals surface area contributed by atoms with E-state index >= 15 is 0 Å². The van der Waals surface area contributed by atoms with Crippen LogP contribution in [0.1, 0.15) is 19.3 Å². The number of rotatable bonds is 4. The summed E-state index contributed by atoms with van der Waals surface area (Å²) in [6.45, 7) is 2.42. The van der Waals surface area contributed by atoms with Crippen molar-refractivity contribution in [3.63, 3.8) is 0 Å². The van der Waals surface area contributed by atoms with E-state index < -0.39 is 0 Å². The quantitative estimate of drug-likeness (QED) is 0.821. The fourth-order valence-corrected chi connectivity index (χ4v) is 3.19. The molecule has 1 fully saturated rings. The largest absolute Gasteiger partial charge is 0.316 e. The van der Waals surface area contributed by atoms with Gasteiger partial charge in [-0.05, 0) is 68.3 Å². The minimum atomic E-state index is 0.820. The lowest BCUT2D eigenvalue weighted by Crippen LogP contribution is -2.29. The molecule has 0 saturated carbocycles. The van der Waals surface area contributed by atoms with Gasteiger partial charge >= 0.3 is 0 Å². The Morgan fingerprint density at radius 3 is 2.81 bits per heavy atom. The van der Waals surface area contributed by atoms with Crippen molar-refractivity contribution in [3.05, 3.63) is 29.3 Å². The summed E-state index contributed by atoms with van der Waals surface area (Å²) >= 11 is 7.79. The Morgan fingerprint density at radius 1 is 1.31 bits per heavy atom. The number of piperidine rings is 1. The Labute approximate surface area is 107 Å². The van der Waals surface area contributed by atoms with Crippen molar-refractivity contribution in [2.45, 2.75) is 24.2 Å². The van der Waals surface area contributed by atoms with E-state index in [1.165, 1.54) is 43.0 Å². The highest BCUT2D eigenvalue weighted by Crippen LogP contribution is 2.24. The highest BCUT2D eigenvalue weighted by Gasteiger charge is 2.12. The van der Waals surface area contributed by atoms with E-state index in [-0.39, 0.29) is 0 Å². The molecule has 0 bridgehead atoms. The van der Waals surface area contributed by atoms with E-state index in [1.54, 1.807) is 0 Å². The predicted molar refractivity (Wildman–Crippen MR) is 72.4 cm³/mol. The van der Waals surface area contributed by atoms with Crippen LogP contribution in [-0.2, 0) is 0 Å². The molecule has 0 amide bonds. The van der Waals surface area contributed by atoms with Crippen LogP contribution >= 0.6 is 23.4 Å². The lowest BCUT2D eigenvalue weighted by Gasteiger charge is -2.22. The molecule has 1 aromatic carbocycles. The molecule has 3 heteroatoms. The number of hydrogen-bond acceptors (Lipinski definition) is 2. The van der Waals surface area contributed by atoms with E-state index in [0.717, 1.165) is 10.9 Å². The molecule has 0 aromatic heterocycles. The van der Waals surface area contributed by atoms with Crippen LogP contribution in [0, 0.1) is 5.92 Å². The van der Waals surface area contributed by atoms with Crippen LogP contribution in [0.4, 0.5) is 0 Å². The number of nitrogens with one attached hydrogen (secondary N) is 1. The Hall–Kier alpha value is -0.180. The smallest absolute Gasteiger partial charge is 0.0406 e. The van der Waals surface area contributed by atoms with E-state index in [1.807, 2.05) is 23.9 Å². The summed E-state index contributed by atoms with van der Waals surface area (Å²) < 4.78 is 0. The van der Waals surface area contributed by atoms with Gasteiger partial charge in [0.1, 0.15) is 0 Å². The SMILES string of the molecule is Clc1ccc(SCCC2CCCNC2)cc1. The zero-order valence-corrected chi connectivity index (χ0v) is 11.0. The lowest BCUT2D eigenvalue weighted by atomic mass is 9.97. The summed E-state index contributed by atoms with van der Waals surface area (Å²) in [5, 5.41) is 4.28. The van der Waals surface area contributed by atoms with Crippen molar-refractivity contribution >= 4 is 23.4 Å². The van der Waals surface area contributed by atoms with Crippen LogP contribution in [0.25, 0.3) is 0 Å². The van der Waals surface area contributed by atoms with Gasteiger partial charge in [0, 0.05) is 9.92 Å². The number of halogens is 1. The van der Waals surface area contributed by atoms with Gasteiger partial charge in [-0.3, -0.25) is 0 Å². The van der Waals surface area contributed by atoms with Gasteiger partial charge in [0.2, 0.25) is 0 Å². The second-order valence-electron chi connectivity index (χ2n) is 4.30. The molecular weight excluding hydrogens is 238 g/mol. The van der Waals surface area contributed by atoms with Crippen LogP contribution < -0.4 is 5.32 Å². The summed E-state index contributed by atoms with van der Waals surface area (Å²) in [5.74, 6) is 2.10. The summed E-state index contributed by atoms with van der Waals surface area (Å²) in [6, 6.07) is 8.14. The van der Waals surface area contributed by atoms with Gasteiger partial charge in [0.25, 0.3) is 0 Å². The average Bonchev–Trinajstić information content (AvgIpc) is 2.33. The molecule has 1 N–H and O–H groups in total. The van der Waals surface area contributed by atoms with Crippen LogP contribution in [-0.4, -0.2) is 18.8 Å². The zero-order chi connectivity index (χ0) is 11.2. The maximum absolute atomic E-state index is 5.85. The monoisotopic (exact) mass is 255 g/mol. The molecule has 1 nitrogen and oxygen atoms in total. The summed E-state index contributed by atoms with van der Waals surface area (Å²) in [5.41, 5.74) is 0. The zero-order valence-electron chi connectivity index (χ0n) is 9.42. The van der Waals surface area contributed by atoms with Crippen LogP contribution in [0.5, 0.6) is 0 Å². The standard InChI is InChI=1S/C13H18ClNS/c14-12-3-5-13(6-4-12)16-9-7-11-2-1-8-15-10-11/h3-6,11,15H,1-2,7-10H2. The molecule has 0 radical (unpaired) electrons. The van der Waals surface area contributed by atoms with E-state index in [9.17, 15) is 0 Å². The van der Waals surface area contributed by atoms with Crippen molar-refractivity contribution < 1.29 is 0 Å². The van der Waals surface area contributed by atoms with Crippen molar-refractivity contribution in [2.75, 3.05) is 18.8 Å². The molecule has 1 aliphatic rings. The highest BCUT2D eigenvalue weighted by molar-refractivity contribution is 7.99. The molecule has 0 spiro atoms. The fraction of sp³-hybridized carbons (Fsp3) is 0.538. The van der Waals surface area contributed by atoms with Crippen LogP contribution in [0.15, 0.2) is 29.2 Å². The molecule has 1 atom stereocenters. The van der Waals surface area contributed by atoms with Crippen molar-refractivity contribution in [3.8, 4) is 0 Å². The molecular formula is C13H18ClNS. The summed E-state index contributed by atoms with van der Waals surface area (Å²) in [6.07, 6.45) is 4.06. The summed E-state index contributed by atoms with van der Waals surface area (Å²) in [4.78, 5) is 1.33. The second-order valence-corrected chi connectivity index (χ2v) is 5.91. The van der Waals surface area contributed by atoms with Gasteiger partial charge < -0.3 is 5.32 Å². The highest BCUT2D eigenvalue weighted by atomic mass is 35.5. The van der Waals surface area contributed by atoms with Crippen molar-refractivity contribution in [2.24, 2.45) is 5.92 Å². The lowest BCUT2D eigenvalue weighted by molar-refractivity contribution is 0.371. The average molecular weight is 256 g/mol. The van der Waals surface area contributed by atoms with Gasteiger partial charge in [-0.15, -0.1) is 11.8 Å². The Kier molecular flexibility index (Phi) is 5.01. The van der Waals surface area contributed by atoms with E-state index in [4.69, 9.17) is 11.6 Å². The number of benzene rings is 1. The minimum absolute atomic E-state index is 0.820. The van der Waals surface area contributed by atoms with Crippen LogP contribution in [0.2, 0.25) is 5.02 Å². The van der Waals surface area contributed by atoms with Gasteiger partial charge in [0.15, 0.2) is 0 Å². The molecule has 1 aromatic rings. The van der Waals surface area contributed by atoms with Crippen molar-refractivity contribution in [1.82, 2.24) is 5.32 Å². The third kappa shape index (κ3) is 4.00. The molecule has 1 aliphatic heterocycles. The fourth-order valence-electron chi connectivity index (χ4n) is 2.04. The molecule has 88 valence electrons. The molecule has 1 saturated heterocycles. The predicted octanol–water partition coefficient (Wildman–Crippen LogP) is 3.82. The molecule has 1 heterocycles. The van der Waals surface area contributed by atoms with E-state index in [0.29, 0.717) is 0 Å². The maximum atomic E-state index is 5.85. The summed E-state index contributed by atoms with van der Waals surface area (Å²) in [7, 11) is 0. The third-order valence-electron chi connectivity index (χ3n) is 3.01. The van der Waals surface area contributed by atoms with Gasteiger partial charge in [-0.25, -0.2) is 0 Å². The molecule has 1 unspecified atom stereocenters. The first-order chi connectivity index (χ1) is 7.84. The topological polar surface area (TPSA) is 12.0 Å². The van der Waals surface area contributed by atoms with E-state index in [2.05, 4.69) is 17.4 Å². The molecule has 0 aliphatic carbocycles. The van der Waals surface area contributed by atoms with Gasteiger partial charge in [-0.1, -0.05) is 11.6 Å². The number of thioether (sulfide) groups is 1. The Morgan fingerprint density at radius 2 is 2.12 bits per heavy atom. The van der Waals surface area contributed by atoms with Crippen molar-refractivity contribution in [1.29, 1.82) is 0 Å². The Balaban J connectivity index is 1.69. The van der Waals surface area contributed by atoms with Crippen LogP contribution in [0.3, 0.4) is 0 Å². The van der Waals surface area contributed by atoms with Gasteiger partial charge in [-0.2, -0.15) is 0 Å². The first kappa shape index (κ1) is 12.3. The minimum Gasteiger partial charge on any atom is -0.316 e. The molecule has 2 rings (SSSR count). The maximum Gasteiger partial charge on any atom is 0.0406 e. The first-order valence-corrected chi connectivity index (χ1v) is 7.30. The molecule has 16 heavy (non-hydrogen) atoms. The second kappa shape index (κ2) is 6.53. The normalized spacial score (nSPS) is 20.9. The Bertz CT molecular complexity index is 306. The third-order valence-corrected chi connectivity index (χ3v) is 4.30. The first-order valence-electron chi connectivity index (χ1n) is 5.94. The number of hydrogen-bond donors (Lipinski definition) is 1. The van der Waals surface area contributed by atoms with Gasteiger partial charge in [0.05, 0.1) is 0 Å².